The first kappa shape index (κ1) is 21.1. The molecule has 2 heterocycles. The number of nitro groups is 1. The highest BCUT2D eigenvalue weighted by molar-refractivity contribution is 7.13. The molecular weight excluding hydrogens is 462 g/mol. The molecule has 1 amide bonds. The molecule has 3 aromatic carbocycles. The summed E-state index contributed by atoms with van der Waals surface area (Å²) in [5, 5.41) is 14.3. The van der Waals surface area contributed by atoms with Gasteiger partial charge in [0.25, 0.3) is 11.6 Å². The van der Waals surface area contributed by atoms with Gasteiger partial charge in [-0.05, 0) is 29.8 Å². The molecule has 1 aliphatic rings. The van der Waals surface area contributed by atoms with Crippen LogP contribution in [0.25, 0.3) is 21.8 Å². The maximum Gasteiger partial charge on any atom is 0.269 e. The summed E-state index contributed by atoms with van der Waals surface area (Å²) in [6.07, 6.45) is 0. The number of fused-ring (bicyclic) bond motifs is 1. The van der Waals surface area contributed by atoms with Gasteiger partial charge in [0, 0.05) is 28.6 Å². The first-order valence-corrected chi connectivity index (χ1v) is 11.3. The molecule has 1 aromatic heterocycles. The number of halogens is 1. The summed E-state index contributed by atoms with van der Waals surface area (Å²) in [7, 11) is 0. The number of anilines is 1. The molecular formula is C24H16ClN3O4S. The Morgan fingerprint density at radius 2 is 1.91 bits per heavy atom. The third-order valence-electron chi connectivity index (χ3n) is 5.29. The van der Waals surface area contributed by atoms with Crippen molar-refractivity contribution in [3.05, 3.63) is 92.8 Å². The van der Waals surface area contributed by atoms with Crippen LogP contribution in [0.4, 0.5) is 11.4 Å². The van der Waals surface area contributed by atoms with E-state index in [2.05, 4.69) is 0 Å². The lowest BCUT2D eigenvalue weighted by atomic mass is 10.1. The van der Waals surface area contributed by atoms with Crippen molar-refractivity contribution < 1.29 is 14.5 Å². The fourth-order valence-corrected chi connectivity index (χ4v) is 4.75. The number of hydrogen-bond donors (Lipinski definition) is 0. The molecule has 5 rings (SSSR count). The highest BCUT2D eigenvalue weighted by Gasteiger charge is 2.26. The molecule has 0 fully saturated rings. The SMILES string of the molecule is O=C1COc2ccc(-c3csc(-c4ccccc4Cl)n3)cc2N1Cc1ccc([N+](=O)[O-])cc1. The van der Waals surface area contributed by atoms with E-state index in [-0.39, 0.29) is 24.7 Å². The van der Waals surface area contributed by atoms with Crippen LogP contribution in [-0.2, 0) is 11.3 Å². The standard InChI is InChI=1S/C24H16ClN3O4S/c25-19-4-2-1-3-18(19)24-26-20(14-33-24)16-7-10-22-21(11-16)27(23(29)13-32-22)12-15-5-8-17(9-6-15)28(30)31/h1-11,14H,12-13H2. The monoisotopic (exact) mass is 477 g/mol. The van der Waals surface area contributed by atoms with Crippen molar-refractivity contribution in [2.75, 3.05) is 11.5 Å². The van der Waals surface area contributed by atoms with Gasteiger partial charge in [-0.25, -0.2) is 4.98 Å². The van der Waals surface area contributed by atoms with Gasteiger partial charge in [-0.15, -0.1) is 11.3 Å². The molecule has 0 N–H and O–H groups in total. The lowest BCUT2D eigenvalue weighted by Crippen LogP contribution is -2.38. The van der Waals surface area contributed by atoms with Crippen molar-refractivity contribution in [3.63, 3.8) is 0 Å². The molecule has 7 nitrogen and oxygen atoms in total. The maximum atomic E-state index is 12.7. The van der Waals surface area contributed by atoms with Crippen molar-refractivity contribution in [2.24, 2.45) is 0 Å². The second-order valence-electron chi connectivity index (χ2n) is 7.39. The second kappa shape index (κ2) is 8.65. The summed E-state index contributed by atoms with van der Waals surface area (Å²) in [5.41, 5.74) is 3.90. The molecule has 1 aliphatic heterocycles. The van der Waals surface area contributed by atoms with Gasteiger partial charge in [0.05, 0.1) is 27.9 Å². The van der Waals surface area contributed by atoms with E-state index in [4.69, 9.17) is 21.3 Å². The predicted molar refractivity (Wildman–Crippen MR) is 128 cm³/mol. The lowest BCUT2D eigenvalue weighted by molar-refractivity contribution is -0.384. The number of rotatable bonds is 5. The molecule has 0 unspecified atom stereocenters. The van der Waals surface area contributed by atoms with Crippen LogP contribution in [-0.4, -0.2) is 22.4 Å². The minimum absolute atomic E-state index is 0.00703. The molecule has 0 saturated carbocycles. The third-order valence-corrected chi connectivity index (χ3v) is 6.50. The van der Waals surface area contributed by atoms with Crippen molar-refractivity contribution in [2.45, 2.75) is 6.54 Å². The molecule has 0 aliphatic carbocycles. The fraction of sp³-hybridized carbons (Fsp3) is 0.0833. The van der Waals surface area contributed by atoms with E-state index in [0.29, 0.717) is 16.5 Å². The Bertz CT molecular complexity index is 1370. The van der Waals surface area contributed by atoms with Crippen molar-refractivity contribution >= 4 is 40.2 Å². The molecule has 33 heavy (non-hydrogen) atoms. The van der Waals surface area contributed by atoms with Gasteiger partial charge in [0.1, 0.15) is 10.8 Å². The van der Waals surface area contributed by atoms with Crippen LogP contribution >= 0.6 is 22.9 Å². The van der Waals surface area contributed by atoms with Crippen molar-refractivity contribution in [1.82, 2.24) is 4.98 Å². The average Bonchev–Trinajstić information content (AvgIpc) is 3.31. The Morgan fingerprint density at radius 3 is 2.67 bits per heavy atom. The Kier molecular flexibility index (Phi) is 5.53. The predicted octanol–water partition coefficient (Wildman–Crippen LogP) is 5.96. The van der Waals surface area contributed by atoms with Crippen LogP contribution in [0.2, 0.25) is 5.02 Å². The van der Waals surface area contributed by atoms with Crippen LogP contribution in [0.15, 0.2) is 72.1 Å². The number of ether oxygens (including phenoxy) is 1. The fourth-order valence-electron chi connectivity index (χ4n) is 3.61. The number of nitrogens with zero attached hydrogens (tertiary/aromatic N) is 3. The number of benzene rings is 3. The van der Waals surface area contributed by atoms with Gasteiger partial charge in [-0.2, -0.15) is 0 Å². The third kappa shape index (κ3) is 4.18. The van der Waals surface area contributed by atoms with E-state index in [9.17, 15) is 14.9 Å². The minimum atomic E-state index is -0.448. The highest BCUT2D eigenvalue weighted by Crippen LogP contribution is 2.39. The molecule has 0 atom stereocenters. The number of carbonyl (C=O) groups excluding carboxylic acids is 1. The van der Waals surface area contributed by atoms with Crippen LogP contribution in [0.1, 0.15) is 5.56 Å². The molecule has 0 radical (unpaired) electrons. The Labute approximate surface area is 198 Å². The van der Waals surface area contributed by atoms with Gasteiger partial charge >= 0.3 is 0 Å². The number of amides is 1. The van der Waals surface area contributed by atoms with Gasteiger partial charge in [0.2, 0.25) is 0 Å². The van der Waals surface area contributed by atoms with E-state index in [1.54, 1.807) is 17.0 Å². The molecule has 0 spiro atoms. The zero-order chi connectivity index (χ0) is 22.9. The summed E-state index contributed by atoms with van der Waals surface area (Å²) in [6.45, 7) is 0.214. The number of aromatic nitrogens is 1. The number of non-ortho nitro benzene ring substituents is 1. The topological polar surface area (TPSA) is 85.6 Å². The largest absolute Gasteiger partial charge is 0.482 e. The molecule has 0 bridgehead atoms. The number of nitro benzene ring substituents is 1. The Hall–Kier alpha value is -3.75. The summed E-state index contributed by atoms with van der Waals surface area (Å²) in [4.78, 5) is 29.5. The van der Waals surface area contributed by atoms with Gasteiger partial charge < -0.3 is 9.64 Å². The minimum Gasteiger partial charge on any atom is -0.482 e. The zero-order valence-corrected chi connectivity index (χ0v) is 18.7. The Morgan fingerprint density at radius 1 is 1.12 bits per heavy atom. The first-order valence-electron chi connectivity index (χ1n) is 10.0. The van der Waals surface area contributed by atoms with Crippen LogP contribution in [0.5, 0.6) is 5.75 Å². The van der Waals surface area contributed by atoms with E-state index in [0.717, 1.165) is 27.4 Å². The van der Waals surface area contributed by atoms with Crippen LogP contribution < -0.4 is 9.64 Å². The Balaban J connectivity index is 1.47. The normalized spacial score (nSPS) is 12.9. The van der Waals surface area contributed by atoms with Crippen LogP contribution in [0.3, 0.4) is 0 Å². The summed E-state index contributed by atoms with van der Waals surface area (Å²) in [5.74, 6) is 0.412. The number of carbonyl (C=O) groups is 1. The molecule has 0 saturated heterocycles. The second-order valence-corrected chi connectivity index (χ2v) is 8.66. The summed E-state index contributed by atoms with van der Waals surface area (Å²) >= 11 is 7.81. The van der Waals surface area contributed by atoms with E-state index < -0.39 is 4.92 Å². The first-order chi connectivity index (χ1) is 16.0. The van der Waals surface area contributed by atoms with E-state index in [1.807, 2.05) is 47.8 Å². The van der Waals surface area contributed by atoms with Crippen LogP contribution in [0, 0.1) is 10.1 Å². The molecule has 9 heteroatoms. The highest BCUT2D eigenvalue weighted by atomic mass is 35.5. The average molecular weight is 478 g/mol. The quantitative estimate of drug-likeness (QED) is 0.261. The maximum absolute atomic E-state index is 12.7. The molecule has 4 aromatic rings. The van der Waals surface area contributed by atoms with E-state index >= 15 is 0 Å². The number of thiazole rings is 1. The van der Waals surface area contributed by atoms with Gasteiger partial charge in [-0.3, -0.25) is 14.9 Å². The lowest BCUT2D eigenvalue weighted by Gasteiger charge is -2.29. The molecule has 164 valence electrons. The summed E-state index contributed by atoms with van der Waals surface area (Å²) < 4.78 is 5.62. The van der Waals surface area contributed by atoms with Crippen molar-refractivity contribution in [3.8, 4) is 27.6 Å². The van der Waals surface area contributed by atoms with E-state index in [1.165, 1.54) is 23.5 Å². The van der Waals surface area contributed by atoms with Crippen molar-refractivity contribution in [1.29, 1.82) is 0 Å². The summed E-state index contributed by atoms with van der Waals surface area (Å²) in [6, 6.07) is 19.3. The van der Waals surface area contributed by atoms with Gasteiger partial charge in [-0.1, -0.05) is 41.9 Å². The smallest absolute Gasteiger partial charge is 0.269 e. The zero-order valence-electron chi connectivity index (χ0n) is 17.1. The number of hydrogen-bond acceptors (Lipinski definition) is 6. The van der Waals surface area contributed by atoms with Gasteiger partial charge in [0.15, 0.2) is 6.61 Å².